The molecule has 0 aromatic heterocycles. The first-order valence-corrected chi connectivity index (χ1v) is 4.92. The average molecular weight is 224 g/mol. The molecule has 0 saturated heterocycles. The number of rotatable bonds is 4. The van der Waals surface area contributed by atoms with E-state index < -0.39 is 12.9 Å². The second kappa shape index (κ2) is 5.68. The summed E-state index contributed by atoms with van der Waals surface area (Å²) in [5.74, 6) is -0.330. The van der Waals surface area contributed by atoms with Gasteiger partial charge in [0.2, 0.25) is 0 Å². The maximum absolute atomic E-state index is 12.9. The molecule has 0 aliphatic rings. The van der Waals surface area contributed by atoms with Crippen LogP contribution in [0.2, 0.25) is 0 Å². The van der Waals surface area contributed by atoms with Crippen LogP contribution in [-0.4, -0.2) is 23.8 Å². The van der Waals surface area contributed by atoms with Gasteiger partial charge in [0.25, 0.3) is 0 Å². The predicted octanol–water partition coefficient (Wildman–Crippen LogP) is 0.850. The highest BCUT2D eigenvalue weighted by atomic mass is 19.1. The minimum atomic E-state index is -1.66. The Kier molecular flexibility index (Phi) is 4.52. The minimum Gasteiger partial charge on any atom is -0.490 e. The quantitative estimate of drug-likeness (QED) is 0.588. The van der Waals surface area contributed by atoms with Gasteiger partial charge in [-0.05, 0) is 26.0 Å². The van der Waals surface area contributed by atoms with Crippen molar-refractivity contribution in [1.29, 1.82) is 0 Å². The van der Waals surface area contributed by atoms with E-state index in [-0.39, 0.29) is 17.8 Å². The molecule has 0 bridgehead atoms. The average Bonchev–Trinajstić information content (AvgIpc) is 2.16. The van der Waals surface area contributed by atoms with Gasteiger partial charge in [-0.25, -0.2) is 4.39 Å². The van der Waals surface area contributed by atoms with Gasteiger partial charge in [-0.3, -0.25) is 0 Å². The summed E-state index contributed by atoms with van der Waals surface area (Å²) < 4.78 is 18.2. The Morgan fingerprint density at radius 3 is 2.69 bits per heavy atom. The Morgan fingerprint density at radius 1 is 1.44 bits per heavy atom. The first-order chi connectivity index (χ1) is 7.50. The molecule has 0 saturated carbocycles. The van der Waals surface area contributed by atoms with Crippen LogP contribution in [0, 0.1) is 5.82 Å². The molecule has 0 spiro atoms. The van der Waals surface area contributed by atoms with Crippen LogP contribution in [-0.2, 0) is 0 Å². The van der Waals surface area contributed by atoms with Crippen LogP contribution in [0.15, 0.2) is 29.8 Å². The van der Waals surface area contributed by atoms with E-state index in [1.165, 1.54) is 6.07 Å². The zero-order valence-electron chi connectivity index (χ0n) is 9.27. The van der Waals surface area contributed by atoms with Crippen LogP contribution in [0.1, 0.15) is 13.8 Å². The van der Waals surface area contributed by atoms with E-state index in [2.05, 4.69) is 0 Å². The second-order valence-corrected chi connectivity index (χ2v) is 3.65. The molecule has 3 nitrogen and oxygen atoms in total. The van der Waals surface area contributed by atoms with E-state index in [4.69, 9.17) is 14.8 Å². The molecular weight excluding hydrogens is 210 g/mol. The summed E-state index contributed by atoms with van der Waals surface area (Å²) in [5.41, 5.74) is 1.23. The number of halogens is 1. The summed E-state index contributed by atoms with van der Waals surface area (Å²) in [5, 5.41) is 18.1. The molecule has 0 unspecified atom stereocenters. The minimum absolute atomic E-state index is 0.146. The van der Waals surface area contributed by atoms with Crippen LogP contribution >= 0.6 is 0 Å². The van der Waals surface area contributed by atoms with E-state index in [0.29, 0.717) is 0 Å². The fourth-order valence-electron chi connectivity index (χ4n) is 1.14. The molecule has 16 heavy (non-hydrogen) atoms. The maximum atomic E-state index is 12.9. The van der Waals surface area contributed by atoms with E-state index in [1.807, 2.05) is 19.9 Å². The second-order valence-electron chi connectivity index (χ2n) is 3.65. The van der Waals surface area contributed by atoms with E-state index in [1.54, 1.807) is 0 Å². The lowest BCUT2D eigenvalue weighted by atomic mass is 9.79. The molecule has 2 N–H and O–H groups in total. The van der Waals surface area contributed by atoms with Crippen LogP contribution in [0.4, 0.5) is 4.39 Å². The zero-order valence-corrected chi connectivity index (χ0v) is 9.27. The molecule has 1 aromatic carbocycles. The summed E-state index contributed by atoms with van der Waals surface area (Å²) in [6.07, 6.45) is 1.82. The first kappa shape index (κ1) is 12.7. The molecule has 1 rings (SSSR count). The smallest absolute Gasteiger partial charge is 0.490 e. The Labute approximate surface area is 94.3 Å². The summed E-state index contributed by atoms with van der Waals surface area (Å²) in [6.45, 7) is 4.10. The Bertz CT molecular complexity index is 387. The van der Waals surface area contributed by atoms with Crippen LogP contribution < -0.4 is 10.2 Å². The predicted molar refractivity (Wildman–Crippen MR) is 61.2 cm³/mol. The van der Waals surface area contributed by atoms with Gasteiger partial charge in [0, 0.05) is 11.5 Å². The monoisotopic (exact) mass is 224 g/mol. The van der Waals surface area contributed by atoms with Crippen molar-refractivity contribution < 1.29 is 19.2 Å². The number of allylic oxidation sites excluding steroid dienone is 1. The lowest BCUT2D eigenvalue weighted by Gasteiger charge is -2.09. The van der Waals surface area contributed by atoms with Crippen molar-refractivity contribution in [2.75, 3.05) is 6.61 Å². The van der Waals surface area contributed by atoms with Gasteiger partial charge in [-0.15, -0.1) is 0 Å². The summed E-state index contributed by atoms with van der Waals surface area (Å²) in [4.78, 5) is 0. The van der Waals surface area contributed by atoms with Crippen molar-refractivity contribution in [2.45, 2.75) is 13.8 Å². The number of hydrogen-bond donors (Lipinski definition) is 2. The highest BCUT2D eigenvalue weighted by Crippen LogP contribution is 2.10. The van der Waals surface area contributed by atoms with Crippen LogP contribution in [0.3, 0.4) is 0 Å². The largest absolute Gasteiger partial charge is 0.492 e. The molecular formula is C11H14BFO3. The Balaban J connectivity index is 2.84. The highest BCUT2D eigenvalue weighted by Gasteiger charge is 2.17. The van der Waals surface area contributed by atoms with Crippen molar-refractivity contribution >= 4 is 12.6 Å². The highest BCUT2D eigenvalue weighted by molar-refractivity contribution is 6.59. The van der Waals surface area contributed by atoms with Gasteiger partial charge in [0.05, 0.1) is 0 Å². The fourth-order valence-corrected chi connectivity index (χ4v) is 1.14. The van der Waals surface area contributed by atoms with Gasteiger partial charge in [0.1, 0.15) is 18.2 Å². The topological polar surface area (TPSA) is 49.7 Å². The first-order valence-electron chi connectivity index (χ1n) is 4.92. The third-order valence-corrected chi connectivity index (χ3v) is 1.98. The SMILES string of the molecule is CC(C)=CCOc1cc(F)ccc1B(O)O. The molecule has 5 heteroatoms. The third kappa shape index (κ3) is 3.68. The van der Waals surface area contributed by atoms with E-state index >= 15 is 0 Å². The number of benzene rings is 1. The molecule has 1 aromatic rings. The lowest BCUT2D eigenvalue weighted by Crippen LogP contribution is -2.31. The number of hydrogen-bond acceptors (Lipinski definition) is 3. The standard InChI is InChI=1S/C11H14BFO3/c1-8(2)5-6-16-11-7-9(13)3-4-10(11)12(14)15/h3-5,7,14-15H,6H2,1-2H3. The van der Waals surface area contributed by atoms with Crippen molar-refractivity contribution in [2.24, 2.45) is 0 Å². The zero-order chi connectivity index (χ0) is 12.1. The number of ether oxygens (including phenoxy) is 1. The Hall–Kier alpha value is -1.33. The molecule has 0 aliphatic heterocycles. The fraction of sp³-hybridized carbons (Fsp3) is 0.273. The van der Waals surface area contributed by atoms with E-state index in [0.717, 1.165) is 17.7 Å². The third-order valence-electron chi connectivity index (χ3n) is 1.98. The molecule has 0 heterocycles. The van der Waals surface area contributed by atoms with Crippen molar-refractivity contribution in [3.05, 3.63) is 35.7 Å². The molecule has 0 atom stereocenters. The molecule has 86 valence electrons. The van der Waals surface area contributed by atoms with Gasteiger partial charge in [-0.1, -0.05) is 11.6 Å². The summed E-state index contributed by atoms with van der Waals surface area (Å²) in [6, 6.07) is 3.58. The van der Waals surface area contributed by atoms with E-state index in [9.17, 15) is 4.39 Å². The normalized spacial score (nSPS) is 9.81. The molecule has 0 aliphatic carbocycles. The van der Waals surface area contributed by atoms with Crippen molar-refractivity contribution in [3.8, 4) is 5.75 Å². The van der Waals surface area contributed by atoms with Gasteiger partial charge >= 0.3 is 7.12 Å². The Morgan fingerprint density at radius 2 is 2.12 bits per heavy atom. The summed E-state index contributed by atoms with van der Waals surface area (Å²) >= 11 is 0. The van der Waals surface area contributed by atoms with Gasteiger partial charge in [-0.2, -0.15) is 0 Å². The van der Waals surface area contributed by atoms with Gasteiger partial charge in [0.15, 0.2) is 0 Å². The maximum Gasteiger partial charge on any atom is 0.492 e. The van der Waals surface area contributed by atoms with Crippen molar-refractivity contribution in [1.82, 2.24) is 0 Å². The summed E-state index contributed by atoms with van der Waals surface area (Å²) in [7, 11) is -1.66. The van der Waals surface area contributed by atoms with Crippen LogP contribution in [0.5, 0.6) is 5.75 Å². The van der Waals surface area contributed by atoms with Gasteiger partial charge < -0.3 is 14.8 Å². The molecule has 0 fully saturated rings. The molecule has 0 amide bonds. The molecule has 0 radical (unpaired) electrons. The lowest BCUT2D eigenvalue weighted by molar-refractivity contribution is 0.358. The van der Waals surface area contributed by atoms with Crippen LogP contribution in [0.25, 0.3) is 0 Å². The van der Waals surface area contributed by atoms with Crippen molar-refractivity contribution in [3.63, 3.8) is 0 Å².